The molecule has 1 saturated heterocycles. The third-order valence-electron chi connectivity index (χ3n) is 4.06. The van der Waals surface area contributed by atoms with Gasteiger partial charge >= 0.3 is 0 Å². The molecule has 0 aliphatic carbocycles. The predicted octanol–water partition coefficient (Wildman–Crippen LogP) is 1.74. The lowest BCUT2D eigenvalue weighted by molar-refractivity contribution is -0.129. The van der Waals surface area contributed by atoms with E-state index in [4.69, 9.17) is 0 Å². The molecule has 120 valence electrons. The summed E-state index contributed by atoms with van der Waals surface area (Å²) in [6, 6.07) is 7.73. The van der Waals surface area contributed by atoms with Crippen LogP contribution in [0.4, 0.5) is 5.69 Å². The second-order valence-electron chi connectivity index (χ2n) is 6.36. The van der Waals surface area contributed by atoms with Crippen molar-refractivity contribution in [3.8, 4) is 0 Å². The van der Waals surface area contributed by atoms with E-state index in [2.05, 4.69) is 5.32 Å². The Morgan fingerprint density at radius 1 is 1.32 bits per heavy atom. The van der Waals surface area contributed by atoms with Crippen molar-refractivity contribution >= 4 is 17.5 Å². The molecule has 0 aromatic heterocycles. The summed E-state index contributed by atoms with van der Waals surface area (Å²) >= 11 is 0. The molecule has 1 aromatic rings. The first-order valence-corrected chi connectivity index (χ1v) is 7.73. The van der Waals surface area contributed by atoms with Gasteiger partial charge in [-0.05, 0) is 38.1 Å². The molecular formula is C17H25N3O2. The Bertz CT molecular complexity index is 537. The summed E-state index contributed by atoms with van der Waals surface area (Å²) in [6.07, 6.45) is 0.526. The number of nitrogens with zero attached hydrogens (tertiary/aromatic N) is 2. The number of likely N-dealkylation sites (tertiary alicyclic amines) is 1. The van der Waals surface area contributed by atoms with Crippen molar-refractivity contribution in [1.82, 2.24) is 10.2 Å². The standard InChI is InChI=1S/C17H25N3O2/c1-12(2)20-11-13(9-16(20)21)10-18-17(22)14-5-7-15(8-6-14)19(3)4/h5-8,12-13H,9-11H2,1-4H3,(H,18,22). The Labute approximate surface area is 132 Å². The molecule has 1 unspecified atom stereocenters. The summed E-state index contributed by atoms with van der Waals surface area (Å²) < 4.78 is 0. The molecule has 5 heteroatoms. The molecule has 5 nitrogen and oxygen atoms in total. The molecule has 0 radical (unpaired) electrons. The Balaban J connectivity index is 1.87. The van der Waals surface area contributed by atoms with Gasteiger partial charge in [0.1, 0.15) is 0 Å². The number of benzene rings is 1. The van der Waals surface area contributed by atoms with Crippen LogP contribution >= 0.6 is 0 Å². The maximum atomic E-state index is 12.2. The van der Waals surface area contributed by atoms with Crippen LogP contribution in [-0.4, -0.2) is 49.9 Å². The van der Waals surface area contributed by atoms with Gasteiger partial charge in [-0.15, -0.1) is 0 Å². The average molecular weight is 303 g/mol. The first-order valence-electron chi connectivity index (χ1n) is 7.73. The Hall–Kier alpha value is -2.04. The van der Waals surface area contributed by atoms with Crippen LogP contribution in [0.2, 0.25) is 0 Å². The third kappa shape index (κ3) is 3.78. The minimum atomic E-state index is -0.0826. The molecule has 1 aliphatic rings. The molecule has 22 heavy (non-hydrogen) atoms. The van der Waals surface area contributed by atoms with Gasteiger partial charge in [0.2, 0.25) is 5.91 Å². The average Bonchev–Trinajstić information content (AvgIpc) is 2.86. The molecule has 1 N–H and O–H groups in total. The van der Waals surface area contributed by atoms with Crippen molar-refractivity contribution in [3.05, 3.63) is 29.8 Å². The van der Waals surface area contributed by atoms with Crippen LogP contribution in [0, 0.1) is 5.92 Å². The molecule has 0 spiro atoms. The monoisotopic (exact) mass is 303 g/mol. The van der Waals surface area contributed by atoms with E-state index in [0.717, 1.165) is 12.2 Å². The maximum Gasteiger partial charge on any atom is 0.251 e. The zero-order chi connectivity index (χ0) is 16.3. The highest BCUT2D eigenvalue weighted by molar-refractivity contribution is 5.94. The Morgan fingerprint density at radius 2 is 1.95 bits per heavy atom. The van der Waals surface area contributed by atoms with Gasteiger partial charge in [0.05, 0.1) is 0 Å². The van der Waals surface area contributed by atoms with Gasteiger partial charge in [-0.3, -0.25) is 9.59 Å². The van der Waals surface area contributed by atoms with E-state index in [0.29, 0.717) is 18.5 Å². The highest BCUT2D eigenvalue weighted by Crippen LogP contribution is 2.19. The topological polar surface area (TPSA) is 52.7 Å². The second kappa shape index (κ2) is 6.81. The summed E-state index contributed by atoms with van der Waals surface area (Å²) in [5.74, 6) is 0.310. The Morgan fingerprint density at radius 3 is 2.45 bits per heavy atom. The van der Waals surface area contributed by atoms with Crippen LogP contribution in [0.25, 0.3) is 0 Å². The number of amides is 2. The van der Waals surface area contributed by atoms with Gasteiger partial charge in [-0.25, -0.2) is 0 Å². The summed E-state index contributed by atoms with van der Waals surface area (Å²) in [7, 11) is 3.93. The van der Waals surface area contributed by atoms with Gasteiger partial charge in [-0.1, -0.05) is 0 Å². The van der Waals surface area contributed by atoms with Crippen LogP contribution < -0.4 is 10.2 Å². The number of rotatable bonds is 5. The lowest BCUT2D eigenvalue weighted by Crippen LogP contribution is -2.34. The minimum Gasteiger partial charge on any atom is -0.378 e. The Kier molecular flexibility index (Phi) is 5.06. The van der Waals surface area contributed by atoms with E-state index in [1.165, 1.54) is 0 Å². The normalized spacial score (nSPS) is 18.0. The van der Waals surface area contributed by atoms with Crippen molar-refractivity contribution in [1.29, 1.82) is 0 Å². The van der Waals surface area contributed by atoms with E-state index in [1.807, 2.05) is 62.0 Å². The fourth-order valence-electron chi connectivity index (χ4n) is 2.69. The van der Waals surface area contributed by atoms with Gasteiger partial charge < -0.3 is 15.1 Å². The summed E-state index contributed by atoms with van der Waals surface area (Å²) in [6.45, 7) is 5.32. The smallest absolute Gasteiger partial charge is 0.251 e. The number of hydrogen-bond acceptors (Lipinski definition) is 3. The molecular weight excluding hydrogens is 278 g/mol. The fourth-order valence-corrected chi connectivity index (χ4v) is 2.69. The zero-order valence-electron chi connectivity index (χ0n) is 13.8. The molecule has 2 rings (SSSR count). The molecule has 2 amide bonds. The number of nitrogens with one attached hydrogen (secondary N) is 1. The SMILES string of the molecule is CC(C)N1CC(CNC(=O)c2ccc(N(C)C)cc2)CC1=O. The van der Waals surface area contributed by atoms with E-state index < -0.39 is 0 Å². The molecule has 0 saturated carbocycles. The molecule has 1 aliphatic heterocycles. The van der Waals surface area contributed by atoms with Crippen molar-refractivity contribution in [2.45, 2.75) is 26.3 Å². The van der Waals surface area contributed by atoms with E-state index >= 15 is 0 Å². The van der Waals surface area contributed by atoms with Gasteiger partial charge in [-0.2, -0.15) is 0 Å². The number of anilines is 1. The van der Waals surface area contributed by atoms with E-state index in [9.17, 15) is 9.59 Å². The van der Waals surface area contributed by atoms with Crippen LogP contribution in [0.3, 0.4) is 0 Å². The molecule has 1 fully saturated rings. The van der Waals surface area contributed by atoms with Crippen LogP contribution in [0.15, 0.2) is 24.3 Å². The molecule has 0 bridgehead atoms. The maximum absolute atomic E-state index is 12.2. The van der Waals surface area contributed by atoms with Crippen LogP contribution in [0.1, 0.15) is 30.6 Å². The zero-order valence-corrected chi connectivity index (χ0v) is 13.8. The van der Waals surface area contributed by atoms with E-state index in [1.54, 1.807) is 0 Å². The lowest BCUT2D eigenvalue weighted by Gasteiger charge is -2.21. The number of hydrogen-bond donors (Lipinski definition) is 1. The first kappa shape index (κ1) is 16.3. The van der Waals surface area contributed by atoms with Crippen LogP contribution in [-0.2, 0) is 4.79 Å². The number of carbonyl (C=O) groups is 2. The van der Waals surface area contributed by atoms with Crippen molar-refractivity contribution in [3.63, 3.8) is 0 Å². The van der Waals surface area contributed by atoms with Crippen LogP contribution in [0.5, 0.6) is 0 Å². The van der Waals surface area contributed by atoms with Gasteiger partial charge in [0.15, 0.2) is 0 Å². The minimum absolute atomic E-state index is 0.0826. The number of carbonyl (C=O) groups excluding carboxylic acids is 2. The summed E-state index contributed by atoms with van der Waals surface area (Å²) in [4.78, 5) is 27.9. The predicted molar refractivity (Wildman–Crippen MR) is 88.1 cm³/mol. The molecule has 1 atom stereocenters. The second-order valence-corrected chi connectivity index (χ2v) is 6.36. The highest BCUT2D eigenvalue weighted by Gasteiger charge is 2.31. The van der Waals surface area contributed by atoms with Crippen molar-refractivity contribution < 1.29 is 9.59 Å². The molecule has 1 aromatic carbocycles. The third-order valence-corrected chi connectivity index (χ3v) is 4.06. The lowest BCUT2D eigenvalue weighted by atomic mass is 10.1. The first-order chi connectivity index (χ1) is 10.4. The highest BCUT2D eigenvalue weighted by atomic mass is 16.2. The van der Waals surface area contributed by atoms with Gasteiger partial charge in [0, 0.05) is 56.8 Å². The fraction of sp³-hybridized carbons (Fsp3) is 0.529. The van der Waals surface area contributed by atoms with Crippen molar-refractivity contribution in [2.24, 2.45) is 5.92 Å². The largest absolute Gasteiger partial charge is 0.378 e. The van der Waals surface area contributed by atoms with Gasteiger partial charge in [0.25, 0.3) is 5.91 Å². The summed E-state index contributed by atoms with van der Waals surface area (Å²) in [5, 5.41) is 2.94. The summed E-state index contributed by atoms with van der Waals surface area (Å²) in [5.41, 5.74) is 1.71. The van der Waals surface area contributed by atoms with Crippen molar-refractivity contribution in [2.75, 3.05) is 32.1 Å². The molecule has 1 heterocycles. The quantitative estimate of drug-likeness (QED) is 0.901. The van der Waals surface area contributed by atoms with E-state index in [-0.39, 0.29) is 23.8 Å².